The number of unbranched alkanes of at least 4 members (excludes halogenated alkanes) is 4. The van der Waals surface area contributed by atoms with Gasteiger partial charge in [0.05, 0.1) is 6.61 Å². The van der Waals surface area contributed by atoms with E-state index in [1.165, 1.54) is 39.5 Å². The molecular formula is C15H28N2O4. The number of hydroxylamine groups is 1. The Morgan fingerprint density at radius 1 is 1.38 bits per heavy atom. The highest BCUT2D eigenvalue weighted by atomic mass is 16.5. The summed E-state index contributed by atoms with van der Waals surface area (Å²) >= 11 is 0. The number of azo groups is 1. The predicted molar refractivity (Wildman–Crippen MR) is 80.8 cm³/mol. The van der Waals surface area contributed by atoms with Crippen molar-refractivity contribution in [3.8, 4) is 0 Å². The highest BCUT2D eigenvalue weighted by Crippen LogP contribution is 2.07. The first-order valence-electron chi connectivity index (χ1n) is 7.51. The monoisotopic (exact) mass is 300 g/mol. The molecule has 122 valence electrons. The molecule has 0 saturated carbocycles. The molecule has 21 heavy (non-hydrogen) atoms. The highest BCUT2D eigenvalue weighted by Gasteiger charge is 2.22. The van der Waals surface area contributed by atoms with Gasteiger partial charge in [-0.2, -0.15) is 0 Å². The van der Waals surface area contributed by atoms with Crippen LogP contribution in [0.15, 0.2) is 17.4 Å². The second-order valence-corrected chi connectivity index (χ2v) is 4.99. The van der Waals surface area contributed by atoms with Gasteiger partial charge in [0.15, 0.2) is 6.04 Å². The molecule has 0 aliphatic rings. The van der Waals surface area contributed by atoms with Crippen LogP contribution in [0.25, 0.3) is 0 Å². The molecule has 0 amide bonds. The maximum Gasteiger partial charge on any atom is 0.302 e. The minimum absolute atomic E-state index is 0.220. The van der Waals surface area contributed by atoms with Crippen molar-refractivity contribution in [3.05, 3.63) is 17.5 Å². The molecule has 0 fully saturated rings. The zero-order valence-electron chi connectivity index (χ0n) is 13.6. The molecule has 2 atom stereocenters. The van der Waals surface area contributed by atoms with E-state index in [1.807, 2.05) is 6.08 Å². The third-order valence-electron chi connectivity index (χ3n) is 2.95. The summed E-state index contributed by atoms with van der Waals surface area (Å²) in [4.78, 5) is 11.5. The van der Waals surface area contributed by atoms with Crippen molar-refractivity contribution in [1.29, 1.82) is 0 Å². The van der Waals surface area contributed by atoms with E-state index in [0.717, 1.165) is 12.8 Å². The quantitative estimate of drug-likeness (QED) is 0.193. The van der Waals surface area contributed by atoms with Gasteiger partial charge in [-0.15, -0.1) is 0 Å². The van der Waals surface area contributed by atoms with Crippen molar-refractivity contribution in [2.45, 2.75) is 65.0 Å². The third kappa shape index (κ3) is 11.0. The van der Waals surface area contributed by atoms with Crippen molar-refractivity contribution >= 4 is 5.97 Å². The molecule has 0 spiro atoms. The number of hydrogen-bond acceptors (Lipinski definition) is 5. The minimum atomic E-state index is -0.513. The fraction of sp³-hybridized carbons (Fsp3) is 0.800. The van der Waals surface area contributed by atoms with Crippen LogP contribution in [0.5, 0.6) is 0 Å². The van der Waals surface area contributed by atoms with Gasteiger partial charge < -0.3 is 14.7 Å². The number of allylic oxidation sites excluding steroid dienone is 1. The van der Waals surface area contributed by atoms with Crippen LogP contribution in [-0.2, 0) is 14.3 Å². The number of nitrogens with zero attached hydrogens (tertiary/aromatic N) is 2. The summed E-state index contributed by atoms with van der Waals surface area (Å²) in [6.07, 6.45) is 8.23. The molecule has 0 rings (SSSR count). The molecule has 6 nitrogen and oxygen atoms in total. The van der Waals surface area contributed by atoms with Crippen molar-refractivity contribution in [1.82, 2.24) is 0 Å². The Labute approximate surface area is 127 Å². The lowest BCUT2D eigenvalue weighted by Gasteiger charge is -2.16. The van der Waals surface area contributed by atoms with Gasteiger partial charge in [-0.3, -0.25) is 4.79 Å². The summed E-state index contributed by atoms with van der Waals surface area (Å²) < 4.78 is 10.0. The second kappa shape index (κ2) is 12.3. The first-order chi connectivity index (χ1) is 10.0. The highest BCUT2D eigenvalue weighted by molar-refractivity contribution is 5.66. The first kappa shape index (κ1) is 19.6. The van der Waals surface area contributed by atoms with E-state index in [1.54, 1.807) is 6.92 Å². The Balaban J connectivity index is 4.36. The van der Waals surface area contributed by atoms with Crippen LogP contribution in [0.4, 0.5) is 0 Å². The molecule has 0 heterocycles. The van der Waals surface area contributed by atoms with Crippen LogP contribution in [0.2, 0.25) is 0 Å². The minimum Gasteiger partial charge on any atom is -0.595 e. The number of hydrogen-bond donors (Lipinski definition) is 0. The first-order valence-corrected chi connectivity index (χ1v) is 7.51. The van der Waals surface area contributed by atoms with Crippen LogP contribution >= 0.6 is 0 Å². The summed E-state index contributed by atoms with van der Waals surface area (Å²) in [5.41, 5.74) is 0. The fourth-order valence-corrected chi connectivity index (χ4v) is 1.81. The van der Waals surface area contributed by atoms with E-state index < -0.39 is 18.1 Å². The Morgan fingerprint density at radius 3 is 2.67 bits per heavy atom. The zero-order chi connectivity index (χ0) is 16.1. The number of ether oxygens (including phenoxy) is 2. The molecule has 0 aromatic heterocycles. The lowest BCUT2D eigenvalue weighted by Crippen LogP contribution is -2.31. The van der Waals surface area contributed by atoms with E-state index in [2.05, 4.69) is 12.0 Å². The Morgan fingerprint density at radius 2 is 2.10 bits per heavy atom. The third-order valence-corrected chi connectivity index (χ3v) is 2.95. The van der Waals surface area contributed by atoms with Gasteiger partial charge in [-0.25, -0.2) is 0 Å². The molecule has 0 radical (unpaired) electrons. The largest absolute Gasteiger partial charge is 0.595 e. The van der Waals surface area contributed by atoms with Crippen molar-refractivity contribution in [2.24, 2.45) is 5.11 Å². The van der Waals surface area contributed by atoms with E-state index in [9.17, 15) is 10.0 Å². The average molecular weight is 300 g/mol. The lowest BCUT2D eigenvalue weighted by atomic mass is 10.1. The van der Waals surface area contributed by atoms with Crippen LogP contribution in [-0.4, -0.2) is 36.7 Å². The van der Waals surface area contributed by atoms with Crippen LogP contribution in [0, 0.1) is 5.21 Å². The number of esters is 1. The predicted octanol–water partition coefficient (Wildman–Crippen LogP) is 3.40. The van der Waals surface area contributed by atoms with Gasteiger partial charge in [0.25, 0.3) is 0 Å². The Kier molecular flexibility index (Phi) is 11.5. The summed E-state index contributed by atoms with van der Waals surface area (Å²) in [5.74, 6) is -0.400. The van der Waals surface area contributed by atoms with Gasteiger partial charge in [-0.1, -0.05) is 31.0 Å². The summed E-state index contributed by atoms with van der Waals surface area (Å²) in [6, 6.07) is -0.513. The van der Waals surface area contributed by atoms with Crippen LogP contribution < -0.4 is 0 Å². The van der Waals surface area contributed by atoms with Crippen molar-refractivity contribution < 1.29 is 19.1 Å². The van der Waals surface area contributed by atoms with E-state index in [-0.39, 0.29) is 6.61 Å². The summed E-state index contributed by atoms with van der Waals surface area (Å²) in [5, 5.41) is 15.6. The van der Waals surface area contributed by atoms with Crippen LogP contribution in [0.3, 0.4) is 0 Å². The molecule has 0 saturated heterocycles. The molecule has 0 aromatic rings. The molecule has 0 aliphatic heterocycles. The van der Waals surface area contributed by atoms with Crippen LogP contribution in [0.1, 0.15) is 52.9 Å². The molecule has 0 unspecified atom stereocenters. The number of rotatable bonds is 11. The Bertz CT molecular complexity index is 343. The SMILES string of the molecule is CCCCCC/C=C\[N+]([O-])=N[C@@H](COC)[C@H](C)OC(C)=O. The van der Waals surface area contributed by atoms with Gasteiger partial charge in [-0.05, 0) is 31.0 Å². The lowest BCUT2D eigenvalue weighted by molar-refractivity contribution is -0.464. The van der Waals surface area contributed by atoms with E-state index in [0.29, 0.717) is 4.86 Å². The number of carbonyl (C=O) groups is 1. The van der Waals surface area contributed by atoms with Gasteiger partial charge in [0.2, 0.25) is 6.20 Å². The fourth-order valence-electron chi connectivity index (χ4n) is 1.81. The Hall–Kier alpha value is -1.43. The smallest absolute Gasteiger partial charge is 0.302 e. The van der Waals surface area contributed by atoms with Gasteiger partial charge >= 0.3 is 5.97 Å². The summed E-state index contributed by atoms with van der Waals surface area (Å²) in [6.45, 7) is 5.40. The number of methoxy groups -OCH3 is 1. The van der Waals surface area contributed by atoms with Gasteiger partial charge in [0.1, 0.15) is 6.10 Å². The maximum atomic E-state index is 11.7. The average Bonchev–Trinajstić information content (AvgIpc) is 2.41. The molecule has 0 bridgehead atoms. The normalized spacial score (nSPS) is 15.1. The van der Waals surface area contributed by atoms with E-state index >= 15 is 0 Å². The molecular weight excluding hydrogens is 272 g/mol. The number of carbonyl (C=O) groups excluding carboxylic acids is 1. The van der Waals surface area contributed by atoms with Crippen molar-refractivity contribution in [3.63, 3.8) is 0 Å². The molecule has 0 N–H and O–H groups in total. The molecule has 6 heteroatoms. The second-order valence-electron chi connectivity index (χ2n) is 4.99. The molecule has 0 aliphatic carbocycles. The summed E-state index contributed by atoms with van der Waals surface area (Å²) in [7, 11) is 1.52. The van der Waals surface area contributed by atoms with E-state index in [4.69, 9.17) is 9.47 Å². The topological polar surface area (TPSA) is 74.0 Å². The van der Waals surface area contributed by atoms with Crippen molar-refractivity contribution in [2.75, 3.05) is 13.7 Å². The maximum absolute atomic E-state index is 11.7. The van der Waals surface area contributed by atoms with Gasteiger partial charge in [0, 0.05) is 14.0 Å². The molecule has 0 aromatic carbocycles. The standard InChI is InChI=1S/C15H28N2O4/c1-5-6-7-8-9-10-11-17(19)16-15(12-20-4)13(2)21-14(3)18/h10-11,13,15H,5-9,12H2,1-4H3/b11-10-,17-16?/t13-,15-/m0/s1. The zero-order valence-corrected chi connectivity index (χ0v) is 13.6.